The molecule has 142 valence electrons. The summed E-state index contributed by atoms with van der Waals surface area (Å²) in [7, 11) is -1.55. The van der Waals surface area contributed by atoms with Crippen molar-refractivity contribution in [3.63, 3.8) is 0 Å². The van der Waals surface area contributed by atoms with Crippen molar-refractivity contribution in [2.24, 2.45) is 0 Å². The minimum absolute atomic E-state index is 0.000250. The van der Waals surface area contributed by atoms with E-state index in [0.29, 0.717) is 32.4 Å². The second-order valence-electron chi connectivity index (χ2n) is 7.10. The Morgan fingerprint density at radius 2 is 1.96 bits per heavy atom. The van der Waals surface area contributed by atoms with Crippen LogP contribution in [0.2, 0.25) is 0 Å². The average Bonchev–Trinajstić information content (AvgIpc) is 3.04. The number of para-hydroxylation sites is 1. The first kappa shape index (κ1) is 18.9. The van der Waals surface area contributed by atoms with Crippen molar-refractivity contribution in [3.05, 3.63) is 36.0 Å². The summed E-state index contributed by atoms with van der Waals surface area (Å²) in [5, 5.41) is 1.23. The summed E-state index contributed by atoms with van der Waals surface area (Å²) in [6.07, 6.45) is 6.91. The Morgan fingerprint density at radius 3 is 2.65 bits per heavy atom. The molecule has 7 heteroatoms. The minimum atomic E-state index is -3.17. The highest BCUT2D eigenvalue weighted by molar-refractivity contribution is 7.88. The number of rotatable bonds is 6. The van der Waals surface area contributed by atoms with Gasteiger partial charge in [0.15, 0.2) is 0 Å². The van der Waals surface area contributed by atoms with Crippen LogP contribution in [0, 0.1) is 0 Å². The Morgan fingerprint density at radius 1 is 1.27 bits per heavy atom. The Balaban J connectivity index is 1.46. The van der Waals surface area contributed by atoms with Crippen LogP contribution in [-0.2, 0) is 21.2 Å². The number of piperidine rings is 1. The third kappa shape index (κ3) is 4.27. The third-order valence-electron chi connectivity index (χ3n) is 5.37. The Bertz CT molecular complexity index is 867. The first-order valence-electron chi connectivity index (χ1n) is 9.12. The molecule has 1 saturated heterocycles. The number of benzene rings is 1. The lowest BCUT2D eigenvalue weighted by Crippen LogP contribution is -2.46. The van der Waals surface area contributed by atoms with Gasteiger partial charge in [0, 0.05) is 49.7 Å². The molecule has 0 aliphatic carbocycles. The maximum atomic E-state index is 12.4. The first-order chi connectivity index (χ1) is 12.4. The van der Waals surface area contributed by atoms with E-state index in [0.717, 1.165) is 18.4 Å². The summed E-state index contributed by atoms with van der Waals surface area (Å²) in [5.74, 6) is 0.172. The Labute approximate surface area is 155 Å². The Hall–Kier alpha value is -1.86. The van der Waals surface area contributed by atoms with E-state index in [1.54, 1.807) is 7.05 Å². The van der Waals surface area contributed by atoms with Crippen LogP contribution in [0.3, 0.4) is 0 Å². The molecule has 2 aromatic rings. The second kappa shape index (κ2) is 7.80. The smallest absolute Gasteiger partial charge is 0.222 e. The lowest BCUT2D eigenvalue weighted by atomic mass is 10.0. The summed E-state index contributed by atoms with van der Waals surface area (Å²) >= 11 is 0. The van der Waals surface area contributed by atoms with Crippen LogP contribution in [0.4, 0.5) is 0 Å². The fourth-order valence-electron chi connectivity index (χ4n) is 3.68. The van der Waals surface area contributed by atoms with Crippen molar-refractivity contribution in [1.29, 1.82) is 0 Å². The zero-order valence-corrected chi connectivity index (χ0v) is 16.3. The van der Waals surface area contributed by atoms with Gasteiger partial charge in [0.25, 0.3) is 0 Å². The van der Waals surface area contributed by atoms with Gasteiger partial charge in [0.2, 0.25) is 15.9 Å². The first-order valence-corrected chi connectivity index (χ1v) is 11.0. The van der Waals surface area contributed by atoms with Gasteiger partial charge in [-0.05, 0) is 37.3 Å². The monoisotopic (exact) mass is 377 g/mol. The predicted octanol–water partition coefficient (Wildman–Crippen LogP) is 2.37. The van der Waals surface area contributed by atoms with Crippen LogP contribution in [0.15, 0.2) is 30.5 Å². The lowest BCUT2D eigenvalue weighted by Gasteiger charge is -2.35. The van der Waals surface area contributed by atoms with Gasteiger partial charge >= 0.3 is 0 Å². The molecule has 1 aliphatic heterocycles. The number of carbonyl (C=O) groups excluding carboxylic acids is 1. The van der Waals surface area contributed by atoms with E-state index in [2.05, 4.69) is 17.1 Å². The third-order valence-corrected chi connectivity index (χ3v) is 6.71. The number of likely N-dealkylation sites (tertiary alicyclic amines) is 1. The van der Waals surface area contributed by atoms with Gasteiger partial charge in [-0.25, -0.2) is 12.7 Å². The summed E-state index contributed by atoms with van der Waals surface area (Å²) in [4.78, 5) is 17.6. The largest absolute Gasteiger partial charge is 0.361 e. The molecule has 0 spiro atoms. The number of aromatic nitrogens is 1. The molecular weight excluding hydrogens is 350 g/mol. The lowest BCUT2D eigenvalue weighted by molar-refractivity contribution is -0.132. The van der Waals surface area contributed by atoms with Crippen LogP contribution < -0.4 is 0 Å². The number of nitrogens with one attached hydrogen (secondary N) is 1. The fraction of sp³-hybridized carbons (Fsp3) is 0.526. The molecule has 1 aromatic carbocycles. The van der Waals surface area contributed by atoms with E-state index in [1.807, 2.05) is 23.2 Å². The molecule has 2 heterocycles. The highest BCUT2D eigenvalue weighted by Gasteiger charge is 2.28. The van der Waals surface area contributed by atoms with Gasteiger partial charge in [0.05, 0.1) is 6.26 Å². The predicted molar refractivity (Wildman–Crippen MR) is 103 cm³/mol. The summed E-state index contributed by atoms with van der Waals surface area (Å²) in [6.45, 7) is 1.27. The van der Waals surface area contributed by atoms with Crippen molar-refractivity contribution >= 4 is 26.8 Å². The number of H-pyrrole nitrogens is 1. The van der Waals surface area contributed by atoms with Gasteiger partial charge < -0.3 is 9.88 Å². The van der Waals surface area contributed by atoms with Crippen molar-refractivity contribution in [2.75, 3.05) is 26.4 Å². The summed E-state index contributed by atoms with van der Waals surface area (Å²) in [6, 6.07) is 8.20. The molecule has 0 radical (unpaired) electrons. The maximum Gasteiger partial charge on any atom is 0.222 e. The van der Waals surface area contributed by atoms with Crippen molar-refractivity contribution in [3.8, 4) is 0 Å². The van der Waals surface area contributed by atoms with E-state index in [1.165, 1.54) is 21.5 Å². The standard InChI is InChI=1S/C19H27N3O3S/c1-21(26(2,24)25)16-10-12-22(13-11-16)19(23)9-5-6-15-14-20-18-8-4-3-7-17(15)18/h3-4,7-8,14,16,20H,5-6,9-13H2,1-2H3. The highest BCUT2D eigenvalue weighted by Crippen LogP contribution is 2.21. The number of sulfonamides is 1. The molecule has 3 rings (SSSR count). The van der Waals surface area contributed by atoms with Gasteiger partial charge in [-0.1, -0.05) is 18.2 Å². The van der Waals surface area contributed by atoms with Crippen LogP contribution in [0.1, 0.15) is 31.2 Å². The van der Waals surface area contributed by atoms with E-state index >= 15 is 0 Å². The average molecular weight is 378 g/mol. The number of amides is 1. The quantitative estimate of drug-likeness (QED) is 0.840. The zero-order valence-electron chi connectivity index (χ0n) is 15.4. The number of aromatic amines is 1. The molecular formula is C19H27N3O3S. The number of hydrogen-bond donors (Lipinski definition) is 1. The molecule has 6 nitrogen and oxygen atoms in total. The summed E-state index contributed by atoms with van der Waals surface area (Å²) in [5.41, 5.74) is 2.38. The molecule has 1 aliphatic rings. The molecule has 1 fully saturated rings. The molecule has 1 amide bonds. The number of aryl methyl sites for hydroxylation is 1. The summed E-state index contributed by atoms with van der Waals surface area (Å²) < 4.78 is 24.7. The zero-order chi connectivity index (χ0) is 18.7. The van der Waals surface area contributed by atoms with E-state index in [-0.39, 0.29) is 11.9 Å². The fourth-order valence-corrected chi connectivity index (χ4v) is 4.43. The van der Waals surface area contributed by atoms with E-state index in [9.17, 15) is 13.2 Å². The molecule has 0 unspecified atom stereocenters. The van der Waals surface area contributed by atoms with Crippen LogP contribution >= 0.6 is 0 Å². The molecule has 26 heavy (non-hydrogen) atoms. The molecule has 0 atom stereocenters. The molecule has 0 bridgehead atoms. The van der Waals surface area contributed by atoms with Crippen LogP contribution in [-0.4, -0.2) is 60.9 Å². The van der Waals surface area contributed by atoms with E-state index < -0.39 is 10.0 Å². The van der Waals surface area contributed by atoms with Crippen LogP contribution in [0.5, 0.6) is 0 Å². The number of hydrogen-bond acceptors (Lipinski definition) is 3. The van der Waals surface area contributed by atoms with Crippen molar-refractivity contribution < 1.29 is 13.2 Å². The van der Waals surface area contributed by atoms with Gasteiger partial charge in [-0.2, -0.15) is 0 Å². The molecule has 1 aromatic heterocycles. The normalized spacial score (nSPS) is 16.5. The van der Waals surface area contributed by atoms with E-state index in [4.69, 9.17) is 0 Å². The number of nitrogens with zero attached hydrogens (tertiary/aromatic N) is 2. The maximum absolute atomic E-state index is 12.4. The molecule has 1 N–H and O–H groups in total. The Kier molecular flexibility index (Phi) is 5.67. The highest BCUT2D eigenvalue weighted by atomic mass is 32.2. The van der Waals surface area contributed by atoms with Crippen molar-refractivity contribution in [2.45, 2.75) is 38.1 Å². The molecule has 0 saturated carbocycles. The van der Waals surface area contributed by atoms with Crippen molar-refractivity contribution in [1.82, 2.24) is 14.2 Å². The minimum Gasteiger partial charge on any atom is -0.361 e. The SMILES string of the molecule is CN(C1CCN(C(=O)CCCc2c[nH]c3ccccc23)CC1)S(C)(=O)=O. The topological polar surface area (TPSA) is 73.5 Å². The van der Waals surface area contributed by atoms with Gasteiger partial charge in [-0.3, -0.25) is 4.79 Å². The second-order valence-corrected chi connectivity index (χ2v) is 9.15. The number of fused-ring (bicyclic) bond motifs is 1. The van der Waals surface area contributed by atoms with Gasteiger partial charge in [0.1, 0.15) is 0 Å². The van der Waals surface area contributed by atoms with Crippen LogP contribution in [0.25, 0.3) is 10.9 Å². The number of carbonyl (C=O) groups is 1. The van der Waals surface area contributed by atoms with Gasteiger partial charge in [-0.15, -0.1) is 0 Å².